The lowest BCUT2D eigenvalue weighted by molar-refractivity contribution is -0.142. The van der Waals surface area contributed by atoms with Crippen LogP contribution in [0.4, 0.5) is 0 Å². The molecule has 0 aliphatic rings. The Kier molecular flexibility index (Phi) is 7.30. The molecule has 1 rings (SSSR count). The lowest BCUT2D eigenvalue weighted by Crippen LogP contribution is -2.40. The van der Waals surface area contributed by atoms with Crippen LogP contribution in [0.3, 0.4) is 0 Å². The molecule has 0 radical (unpaired) electrons. The topological polar surface area (TPSA) is 90.9 Å². The number of methoxy groups -OCH3 is 2. The third-order valence-electron chi connectivity index (χ3n) is 2.88. The van der Waals surface area contributed by atoms with Gasteiger partial charge in [-0.1, -0.05) is 6.92 Å². The third-order valence-corrected chi connectivity index (χ3v) is 4.37. The molecule has 1 aromatic carbocycles. The molecular weight excluding hydrogens is 310 g/mol. The first kappa shape index (κ1) is 18.4. The van der Waals surface area contributed by atoms with Gasteiger partial charge >= 0.3 is 5.97 Å². The molecule has 0 aliphatic heterocycles. The second-order valence-electron chi connectivity index (χ2n) is 4.42. The molecule has 8 heteroatoms. The number of nitrogens with one attached hydrogen (secondary N) is 1. The Labute approximate surface area is 130 Å². The predicted octanol–water partition coefficient (Wildman–Crippen LogP) is 0.942. The molecule has 0 heterocycles. The summed E-state index contributed by atoms with van der Waals surface area (Å²) in [4.78, 5) is 11.5. The van der Waals surface area contributed by atoms with E-state index in [9.17, 15) is 13.2 Å². The van der Waals surface area contributed by atoms with Crippen molar-refractivity contribution in [1.82, 2.24) is 4.72 Å². The van der Waals surface area contributed by atoms with E-state index in [0.29, 0.717) is 25.4 Å². The molecule has 0 fully saturated rings. The maximum absolute atomic E-state index is 12.2. The van der Waals surface area contributed by atoms with Crippen molar-refractivity contribution in [3.63, 3.8) is 0 Å². The summed E-state index contributed by atoms with van der Waals surface area (Å²) in [7, 11) is -1.02. The van der Waals surface area contributed by atoms with Gasteiger partial charge in [0, 0.05) is 7.11 Å². The van der Waals surface area contributed by atoms with E-state index in [1.54, 1.807) is 26.2 Å². The van der Waals surface area contributed by atoms with Crippen molar-refractivity contribution in [3.8, 4) is 5.75 Å². The van der Waals surface area contributed by atoms with Gasteiger partial charge < -0.3 is 14.2 Å². The van der Waals surface area contributed by atoms with Crippen LogP contribution in [0, 0.1) is 0 Å². The first-order chi connectivity index (χ1) is 10.4. The van der Waals surface area contributed by atoms with Crippen LogP contribution in [0.1, 0.15) is 13.3 Å². The minimum atomic E-state index is -3.80. The Morgan fingerprint density at radius 1 is 1.18 bits per heavy atom. The van der Waals surface area contributed by atoms with Gasteiger partial charge in [-0.25, -0.2) is 8.42 Å². The number of carbonyl (C=O) groups excluding carboxylic acids is 1. The fourth-order valence-corrected chi connectivity index (χ4v) is 2.92. The molecule has 0 saturated heterocycles. The summed E-state index contributed by atoms with van der Waals surface area (Å²) >= 11 is 0. The van der Waals surface area contributed by atoms with Gasteiger partial charge in [0.15, 0.2) is 0 Å². The van der Waals surface area contributed by atoms with E-state index in [0.717, 1.165) is 0 Å². The van der Waals surface area contributed by atoms with Crippen LogP contribution in [0.5, 0.6) is 5.75 Å². The van der Waals surface area contributed by atoms with E-state index in [1.807, 2.05) is 0 Å². The molecular formula is C14H21NO6S. The molecule has 1 unspecified atom stereocenters. The van der Waals surface area contributed by atoms with Crippen LogP contribution in [0.25, 0.3) is 0 Å². The van der Waals surface area contributed by atoms with E-state index >= 15 is 0 Å². The predicted molar refractivity (Wildman–Crippen MR) is 80.2 cm³/mol. The first-order valence-electron chi connectivity index (χ1n) is 6.76. The van der Waals surface area contributed by atoms with Crippen LogP contribution in [0.15, 0.2) is 29.2 Å². The summed E-state index contributed by atoms with van der Waals surface area (Å²) in [6.45, 7) is 2.51. The van der Waals surface area contributed by atoms with Crippen molar-refractivity contribution in [2.75, 3.05) is 27.4 Å². The molecule has 0 aliphatic carbocycles. The van der Waals surface area contributed by atoms with Crippen LogP contribution in [-0.2, 0) is 24.3 Å². The van der Waals surface area contributed by atoms with Gasteiger partial charge in [0.05, 0.1) is 18.6 Å². The average molecular weight is 331 g/mol. The lowest BCUT2D eigenvalue weighted by Gasteiger charge is -2.15. The van der Waals surface area contributed by atoms with E-state index in [1.165, 1.54) is 19.2 Å². The molecule has 0 aromatic heterocycles. The highest BCUT2D eigenvalue weighted by Gasteiger charge is 2.24. The lowest BCUT2D eigenvalue weighted by atomic mass is 10.2. The van der Waals surface area contributed by atoms with E-state index in [4.69, 9.17) is 9.47 Å². The zero-order valence-corrected chi connectivity index (χ0v) is 13.7. The van der Waals surface area contributed by atoms with E-state index in [-0.39, 0.29) is 4.90 Å². The van der Waals surface area contributed by atoms with E-state index in [2.05, 4.69) is 9.46 Å². The van der Waals surface area contributed by atoms with Crippen molar-refractivity contribution in [2.24, 2.45) is 0 Å². The first-order valence-corrected chi connectivity index (χ1v) is 8.25. The largest absolute Gasteiger partial charge is 0.491 e. The number of hydrogen-bond acceptors (Lipinski definition) is 6. The summed E-state index contributed by atoms with van der Waals surface area (Å²) in [6, 6.07) is 5.00. The Bertz CT molecular complexity index is 570. The highest BCUT2D eigenvalue weighted by Crippen LogP contribution is 2.16. The number of carbonyl (C=O) groups is 1. The van der Waals surface area contributed by atoms with Crippen molar-refractivity contribution in [3.05, 3.63) is 24.3 Å². The number of sulfonamides is 1. The summed E-state index contributed by atoms with van der Waals surface area (Å²) < 4.78 is 41.5. The van der Waals surface area contributed by atoms with Gasteiger partial charge in [0.2, 0.25) is 10.0 Å². The number of benzene rings is 1. The Hall–Kier alpha value is -1.64. The zero-order valence-electron chi connectivity index (χ0n) is 12.9. The van der Waals surface area contributed by atoms with Crippen molar-refractivity contribution >= 4 is 16.0 Å². The second kappa shape index (κ2) is 8.72. The molecule has 0 bridgehead atoms. The maximum Gasteiger partial charge on any atom is 0.323 e. The molecule has 124 valence electrons. The second-order valence-corrected chi connectivity index (χ2v) is 6.13. The average Bonchev–Trinajstić information content (AvgIpc) is 2.52. The summed E-state index contributed by atoms with van der Waals surface area (Å²) in [5.74, 6) is -0.0818. The summed E-state index contributed by atoms with van der Waals surface area (Å²) in [5.41, 5.74) is 0. The number of rotatable bonds is 9. The smallest absolute Gasteiger partial charge is 0.323 e. The summed E-state index contributed by atoms with van der Waals surface area (Å²) in [5, 5.41) is 0. The van der Waals surface area contributed by atoms with E-state index < -0.39 is 22.0 Å². The van der Waals surface area contributed by atoms with Gasteiger partial charge in [0.1, 0.15) is 18.4 Å². The normalized spacial score (nSPS) is 12.7. The van der Waals surface area contributed by atoms with Crippen molar-refractivity contribution in [1.29, 1.82) is 0 Å². The molecule has 22 heavy (non-hydrogen) atoms. The van der Waals surface area contributed by atoms with Crippen LogP contribution >= 0.6 is 0 Å². The highest BCUT2D eigenvalue weighted by molar-refractivity contribution is 7.89. The monoisotopic (exact) mass is 331 g/mol. The molecule has 7 nitrogen and oxygen atoms in total. The fraction of sp³-hybridized carbons (Fsp3) is 0.500. The minimum Gasteiger partial charge on any atom is -0.491 e. The Balaban J connectivity index is 2.78. The minimum absolute atomic E-state index is 0.0499. The molecule has 1 aromatic rings. The van der Waals surface area contributed by atoms with Gasteiger partial charge in [-0.2, -0.15) is 4.72 Å². The number of ether oxygens (including phenoxy) is 3. The van der Waals surface area contributed by atoms with Crippen LogP contribution < -0.4 is 9.46 Å². The fourth-order valence-electron chi connectivity index (χ4n) is 1.65. The van der Waals surface area contributed by atoms with Gasteiger partial charge in [0.25, 0.3) is 0 Å². The quantitative estimate of drug-likeness (QED) is 0.535. The van der Waals surface area contributed by atoms with Crippen LogP contribution in [-0.4, -0.2) is 47.9 Å². The maximum atomic E-state index is 12.2. The molecule has 1 atom stereocenters. The standard InChI is InChI=1S/C14H21NO6S/c1-4-13(14(16)20-3)15-22(17,18)12-7-5-11(6-8-12)21-10-9-19-2/h5-8,13,15H,4,9-10H2,1-3H3. The van der Waals surface area contributed by atoms with Gasteiger partial charge in [-0.3, -0.25) is 4.79 Å². The Morgan fingerprint density at radius 2 is 1.82 bits per heavy atom. The SMILES string of the molecule is CCC(NS(=O)(=O)c1ccc(OCCOC)cc1)C(=O)OC. The number of hydrogen-bond donors (Lipinski definition) is 1. The molecule has 0 spiro atoms. The number of esters is 1. The third kappa shape index (κ3) is 5.28. The van der Waals surface area contributed by atoms with Crippen molar-refractivity contribution in [2.45, 2.75) is 24.3 Å². The van der Waals surface area contributed by atoms with Crippen molar-refractivity contribution < 1.29 is 27.4 Å². The zero-order chi connectivity index (χ0) is 16.6. The highest BCUT2D eigenvalue weighted by atomic mass is 32.2. The van der Waals surface area contributed by atoms with Crippen LogP contribution in [0.2, 0.25) is 0 Å². The van der Waals surface area contributed by atoms with Gasteiger partial charge in [-0.15, -0.1) is 0 Å². The van der Waals surface area contributed by atoms with Gasteiger partial charge in [-0.05, 0) is 30.7 Å². The molecule has 1 N–H and O–H groups in total. The molecule has 0 saturated carbocycles. The Morgan fingerprint density at radius 3 is 2.32 bits per heavy atom. The summed E-state index contributed by atoms with van der Waals surface area (Å²) in [6.07, 6.45) is 0.296. The molecule has 0 amide bonds.